The summed E-state index contributed by atoms with van der Waals surface area (Å²) >= 11 is 0. The van der Waals surface area contributed by atoms with Crippen LogP contribution < -0.4 is 0 Å². The molecule has 0 aliphatic carbocycles. The van der Waals surface area contributed by atoms with Crippen LogP contribution in [0.1, 0.15) is 35.1 Å². The fourth-order valence-electron chi connectivity index (χ4n) is 4.09. The number of aromatic amines is 1. The van der Waals surface area contributed by atoms with Crippen molar-refractivity contribution in [3.8, 4) is 0 Å². The summed E-state index contributed by atoms with van der Waals surface area (Å²) in [4.78, 5) is 23.5. The second kappa shape index (κ2) is 5.73. The molecule has 0 saturated carbocycles. The normalized spacial score (nSPS) is 17.4. The monoisotopic (exact) mass is 344 g/mol. The van der Waals surface area contributed by atoms with Crippen LogP contribution in [-0.4, -0.2) is 31.9 Å². The van der Waals surface area contributed by atoms with Crippen LogP contribution in [0.4, 0.5) is 0 Å². The number of carbonyl (C=O) groups is 1. The summed E-state index contributed by atoms with van der Waals surface area (Å²) in [6.45, 7) is 0.768. The van der Waals surface area contributed by atoms with E-state index in [9.17, 15) is 4.79 Å². The molecule has 5 heteroatoms. The Kier molecular flexibility index (Phi) is 3.35. The number of amides is 1. The zero-order valence-corrected chi connectivity index (χ0v) is 14.6. The molecule has 0 bridgehead atoms. The Bertz CT molecular complexity index is 1090. The third kappa shape index (κ3) is 2.24. The van der Waals surface area contributed by atoms with Crippen LogP contribution >= 0.6 is 0 Å². The van der Waals surface area contributed by atoms with Crippen molar-refractivity contribution in [2.45, 2.75) is 18.9 Å². The Balaban J connectivity index is 1.54. The molecule has 1 aliphatic rings. The number of imidazole rings is 1. The highest BCUT2D eigenvalue weighted by Gasteiger charge is 2.33. The number of fused-ring (bicyclic) bond motifs is 2. The topological polar surface area (TPSA) is 53.9 Å². The number of aryl methyl sites for hydroxylation is 1. The molecule has 2 aromatic carbocycles. The minimum Gasteiger partial charge on any atom is -0.350 e. The third-order valence-corrected chi connectivity index (χ3v) is 5.36. The first kappa shape index (κ1) is 15.2. The van der Waals surface area contributed by atoms with Gasteiger partial charge in [0.2, 0.25) is 0 Å². The van der Waals surface area contributed by atoms with Gasteiger partial charge in [0, 0.05) is 30.7 Å². The van der Waals surface area contributed by atoms with E-state index < -0.39 is 0 Å². The maximum absolute atomic E-state index is 13.3. The van der Waals surface area contributed by atoms with Crippen LogP contribution in [-0.2, 0) is 7.05 Å². The lowest BCUT2D eigenvalue weighted by molar-refractivity contribution is 0.0732. The lowest BCUT2D eigenvalue weighted by atomic mass is 10.1. The number of nitrogens with zero attached hydrogens (tertiary/aromatic N) is 3. The number of rotatable bonds is 2. The second-order valence-electron chi connectivity index (χ2n) is 6.97. The summed E-state index contributed by atoms with van der Waals surface area (Å²) in [7, 11) is 1.99. The van der Waals surface area contributed by atoms with E-state index in [0.29, 0.717) is 0 Å². The number of H-pyrrole nitrogens is 1. The summed E-state index contributed by atoms with van der Waals surface area (Å²) in [5.74, 6) is 0.974. The molecule has 26 heavy (non-hydrogen) atoms. The van der Waals surface area contributed by atoms with E-state index in [1.54, 1.807) is 0 Å². The zero-order valence-electron chi connectivity index (χ0n) is 14.6. The van der Waals surface area contributed by atoms with Crippen LogP contribution in [0.3, 0.4) is 0 Å². The van der Waals surface area contributed by atoms with Crippen LogP contribution in [0, 0.1) is 0 Å². The molecule has 5 rings (SSSR count). The summed E-state index contributed by atoms with van der Waals surface area (Å²) in [5.41, 5.74) is 3.82. The molecular weight excluding hydrogens is 324 g/mol. The van der Waals surface area contributed by atoms with Crippen molar-refractivity contribution < 1.29 is 4.79 Å². The molecule has 0 radical (unpaired) electrons. The first-order chi connectivity index (χ1) is 12.7. The van der Waals surface area contributed by atoms with E-state index in [-0.39, 0.29) is 11.9 Å². The first-order valence-corrected chi connectivity index (χ1v) is 9.02. The average molecular weight is 344 g/mol. The SMILES string of the molecule is Cn1cc(C(=O)N2CCC[C@H]2c2nc3ccccc3[nH]2)c2ccccc21. The molecule has 0 spiro atoms. The highest BCUT2D eigenvalue weighted by atomic mass is 16.2. The Hall–Kier alpha value is -3.08. The van der Waals surface area contributed by atoms with Crippen LogP contribution in [0.15, 0.2) is 54.7 Å². The standard InChI is InChI=1S/C21H20N4O/c1-24-13-15(14-7-2-5-10-18(14)24)21(26)25-12-6-11-19(25)20-22-16-8-3-4-9-17(16)23-20/h2-5,7-10,13,19H,6,11-12H2,1H3,(H,22,23)/t19-/m0/s1. The van der Waals surface area contributed by atoms with Gasteiger partial charge in [0.05, 0.1) is 22.6 Å². The Morgan fingerprint density at radius 2 is 1.96 bits per heavy atom. The third-order valence-electron chi connectivity index (χ3n) is 5.36. The minimum absolute atomic E-state index is 0.00821. The van der Waals surface area contributed by atoms with Gasteiger partial charge in [-0.2, -0.15) is 0 Å². The van der Waals surface area contributed by atoms with Crippen molar-refractivity contribution in [1.29, 1.82) is 0 Å². The highest BCUT2D eigenvalue weighted by molar-refractivity contribution is 6.07. The molecule has 1 saturated heterocycles. The molecule has 1 aliphatic heterocycles. The van der Waals surface area contributed by atoms with E-state index in [0.717, 1.165) is 52.7 Å². The van der Waals surface area contributed by atoms with Crippen LogP contribution in [0.2, 0.25) is 0 Å². The van der Waals surface area contributed by atoms with Crippen molar-refractivity contribution >= 4 is 27.8 Å². The van der Waals surface area contributed by atoms with Gasteiger partial charge in [-0.15, -0.1) is 0 Å². The van der Waals surface area contributed by atoms with Crippen molar-refractivity contribution in [3.63, 3.8) is 0 Å². The molecule has 130 valence electrons. The molecule has 0 unspecified atom stereocenters. The minimum atomic E-state index is 0.00821. The molecule has 5 nitrogen and oxygen atoms in total. The number of nitrogens with one attached hydrogen (secondary N) is 1. The average Bonchev–Trinajstić information content (AvgIpc) is 3.38. The Morgan fingerprint density at radius 1 is 1.15 bits per heavy atom. The lowest BCUT2D eigenvalue weighted by Crippen LogP contribution is -2.31. The van der Waals surface area contributed by atoms with Crippen molar-refractivity contribution in [3.05, 3.63) is 66.1 Å². The lowest BCUT2D eigenvalue weighted by Gasteiger charge is -2.23. The fourth-order valence-corrected chi connectivity index (χ4v) is 4.09. The van der Waals surface area contributed by atoms with Crippen LogP contribution in [0.5, 0.6) is 0 Å². The first-order valence-electron chi connectivity index (χ1n) is 9.02. The van der Waals surface area contributed by atoms with E-state index in [1.165, 1.54) is 0 Å². The van der Waals surface area contributed by atoms with Gasteiger partial charge in [-0.1, -0.05) is 30.3 Å². The summed E-state index contributed by atoms with van der Waals surface area (Å²) in [5, 5.41) is 1.01. The predicted molar refractivity (Wildman–Crippen MR) is 102 cm³/mol. The molecule has 4 aromatic rings. The van der Waals surface area contributed by atoms with E-state index >= 15 is 0 Å². The molecule has 1 amide bonds. The van der Waals surface area contributed by atoms with Gasteiger partial charge in [0.25, 0.3) is 5.91 Å². The number of aromatic nitrogens is 3. The van der Waals surface area contributed by atoms with E-state index in [4.69, 9.17) is 4.98 Å². The zero-order chi connectivity index (χ0) is 17.7. The predicted octanol–water partition coefficient (Wildman–Crippen LogP) is 4.03. The van der Waals surface area contributed by atoms with Gasteiger partial charge >= 0.3 is 0 Å². The number of likely N-dealkylation sites (tertiary alicyclic amines) is 1. The van der Waals surface area contributed by atoms with Crippen molar-refractivity contribution in [1.82, 2.24) is 19.4 Å². The quantitative estimate of drug-likeness (QED) is 0.597. The van der Waals surface area contributed by atoms with Gasteiger partial charge in [0.1, 0.15) is 5.82 Å². The number of hydrogen-bond acceptors (Lipinski definition) is 2. The van der Waals surface area contributed by atoms with Gasteiger partial charge < -0.3 is 14.5 Å². The molecule has 1 N–H and O–H groups in total. The van der Waals surface area contributed by atoms with E-state index in [2.05, 4.69) is 4.98 Å². The summed E-state index contributed by atoms with van der Waals surface area (Å²) in [6, 6.07) is 16.1. The largest absolute Gasteiger partial charge is 0.350 e. The van der Waals surface area contributed by atoms with Gasteiger partial charge in [-0.05, 0) is 31.0 Å². The van der Waals surface area contributed by atoms with Gasteiger partial charge in [-0.3, -0.25) is 4.79 Å². The number of para-hydroxylation sites is 3. The maximum Gasteiger partial charge on any atom is 0.256 e. The molecule has 1 atom stereocenters. The second-order valence-corrected chi connectivity index (χ2v) is 6.97. The number of hydrogen-bond donors (Lipinski definition) is 1. The smallest absolute Gasteiger partial charge is 0.256 e. The fraction of sp³-hybridized carbons (Fsp3) is 0.238. The Morgan fingerprint density at radius 3 is 2.85 bits per heavy atom. The molecule has 1 fully saturated rings. The van der Waals surface area contributed by atoms with Gasteiger partial charge in [0.15, 0.2) is 0 Å². The molecule has 3 heterocycles. The highest BCUT2D eigenvalue weighted by Crippen LogP contribution is 2.34. The van der Waals surface area contributed by atoms with Crippen molar-refractivity contribution in [2.24, 2.45) is 7.05 Å². The van der Waals surface area contributed by atoms with Crippen molar-refractivity contribution in [2.75, 3.05) is 6.54 Å². The number of benzene rings is 2. The van der Waals surface area contributed by atoms with E-state index in [1.807, 2.05) is 71.2 Å². The molecule has 2 aromatic heterocycles. The molecular formula is C21H20N4O. The summed E-state index contributed by atoms with van der Waals surface area (Å²) in [6.07, 6.45) is 3.88. The van der Waals surface area contributed by atoms with Crippen LogP contribution in [0.25, 0.3) is 21.9 Å². The van der Waals surface area contributed by atoms with Gasteiger partial charge in [-0.25, -0.2) is 4.98 Å². The Labute approximate surface area is 151 Å². The number of carbonyl (C=O) groups excluding carboxylic acids is 1. The summed E-state index contributed by atoms with van der Waals surface area (Å²) < 4.78 is 2.02. The maximum atomic E-state index is 13.3.